The summed E-state index contributed by atoms with van der Waals surface area (Å²) in [6.45, 7) is 9.47. The minimum absolute atomic E-state index is 0.958. The van der Waals surface area contributed by atoms with Crippen LogP contribution in [0.3, 0.4) is 0 Å². The maximum atomic E-state index is 2.47. The van der Waals surface area contributed by atoms with Gasteiger partial charge in [0.1, 0.15) is 0 Å². The SMILES string of the molecule is CCCCCCCCCCCCCC(C)CCC(CC)CC. The molecule has 0 saturated heterocycles. The van der Waals surface area contributed by atoms with Gasteiger partial charge in [0, 0.05) is 0 Å². The fourth-order valence-electron chi connectivity index (χ4n) is 3.52. The molecule has 0 N–H and O–H groups in total. The maximum absolute atomic E-state index is 2.47. The Balaban J connectivity index is 3.21. The molecule has 0 aliphatic carbocycles. The zero-order valence-electron chi connectivity index (χ0n) is 16.5. The Morgan fingerprint density at radius 1 is 0.500 bits per heavy atom. The van der Waals surface area contributed by atoms with Crippen LogP contribution in [0.25, 0.3) is 0 Å². The zero-order valence-corrected chi connectivity index (χ0v) is 16.5. The van der Waals surface area contributed by atoms with E-state index in [9.17, 15) is 0 Å². The van der Waals surface area contributed by atoms with Gasteiger partial charge in [-0.05, 0) is 11.8 Å². The van der Waals surface area contributed by atoms with Crippen LogP contribution in [0.1, 0.15) is 130 Å². The van der Waals surface area contributed by atoms with Gasteiger partial charge in [-0.2, -0.15) is 0 Å². The Labute approximate surface area is 142 Å². The lowest BCUT2D eigenvalue weighted by atomic mass is 9.90. The van der Waals surface area contributed by atoms with Crippen molar-refractivity contribution in [2.75, 3.05) is 0 Å². The summed E-state index contributed by atoms with van der Waals surface area (Å²) < 4.78 is 0. The highest BCUT2D eigenvalue weighted by molar-refractivity contribution is 4.60. The van der Waals surface area contributed by atoms with Crippen LogP contribution in [0.15, 0.2) is 0 Å². The first-order valence-electron chi connectivity index (χ1n) is 10.7. The van der Waals surface area contributed by atoms with E-state index in [-0.39, 0.29) is 0 Å². The molecular weight excluding hydrogens is 264 g/mol. The lowest BCUT2D eigenvalue weighted by molar-refractivity contribution is 0.370. The topological polar surface area (TPSA) is 0 Å². The maximum Gasteiger partial charge on any atom is -0.0419 e. The quantitative estimate of drug-likeness (QED) is 0.236. The average molecular weight is 311 g/mol. The van der Waals surface area contributed by atoms with Crippen LogP contribution in [-0.4, -0.2) is 0 Å². The predicted molar refractivity (Wildman–Crippen MR) is 104 cm³/mol. The van der Waals surface area contributed by atoms with Gasteiger partial charge in [-0.1, -0.05) is 130 Å². The highest BCUT2D eigenvalue weighted by atomic mass is 14.1. The van der Waals surface area contributed by atoms with E-state index in [1.807, 2.05) is 0 Å². The van der Waals surface area contributed by atoms with Crippen molar-refractivity contribution >= 4 is 0 Å². The van der Waals surface area contributed by atoms with E-state index in [1.165, 1.54) is 103 Å². The minimum Gasteiger partial charge on any atom is -0.0654 e. The van der Waals surface area contributed by atoms with Crippen LogP contribution in [0.4, 0.5) is 0 Å². The summed E-state index contributed by atoms with van der Waals surface area (Å²) in [6, 6.07) is 0. The third-order valence-electron chi connectivity index (χ3n) is 5.52. The van der Waals surface area contributed by atoms with Crippen molar-refractivity contribution < 1.29 is 0 Å². The Morgan fingerprint density at radius 3 is 1.41 bits per heavy atom. The van der Waals surface area contributed by atoms with Crippen molar-refractivity contribution in [1.82, 2.24) is 0 Å². The summed E-state index contributed by atoms with van der Waals surface area (Å²) in [5.41, 5.74) is 0. The third-order valence-corrected chi connectivity index (χ3v) is 5.52. The van der Waals surface area contributed by atoms with Crippen molar-refractivity contribution in [3.63, 3.8) is 0 Å². The second-order valence-corrected chi connectivity index (χ2v) is 7.69. The largest absolute Gasteiger partial charge is 0.0654 e. The molecular formula is C22H46. The molecule has 0 nitrogen and oxygen atoms in total. The van der Waals surface area contributed by atoms with Gasteiger partial charge in [0.05, 0.1) is 0 Å². The van der Waals surface area contributed by atoms with Crippen LogP contribution < -0.4 is 0 Å². The monoisotopic (exact) mass is 310 g/mol. The average Bonchev–Trinajstić information content (AvgIpc) is 2.53. The van der Waals surface area contributed by atoms with Gasteiger partial charge in [0.2, 0.25) is 0 Å². The fourth-order valence-corrected chi connectivity index (χ4v) is 3.52. The van der Waals surface area contributed by atoms with Crippen molar-refractivity contribution in [2.24, 2.45) is 11.8 Å². The highest BCUT2D eigenvalue weighted by Gasteiger charge is 2.07. The van der Waals surface area contributed by atoms with Gasteiger partial charge in [0.25, 0.3) is 0 Å². The number of unbranched alkanes of at least 4 members (excludes halogenated alkanes) is 10. The molecule has 0 amide bonds. The molecule has 134 valence electrons. The Morgan fingerprint density at radius 2 is 0.955 bits per heavy atom. The van der Waals surface area contributed by atoms with Gasteiger partial charge >= 0.3 is 0 Å². The standard InChI is InChI=1S/C22H46/c1-5-8-9-10-11-12-13-14-15-16-17-18-21(4)19-20-22(6-2)7-3/h21-22H,5-20H2,1-4H3. The van der Waals surface area contributed by atoms with Gasteiger partial charge in [-0.15, -0.1) is 0 Å². The molecule has 0 aromatic heterocycles. The third kappa shape index (κ3) is 14.9. The van der Waals surface area contributed by atoms with Crippen molar-refractivity contribution in [3.05, 3.63) is 0 Å². The molecule has 0 heteroatoms. The summed E-state index contributed by atoms with van der Waals surface area (Å²) in [5.74, 6) is 1.94. The molecule has 0 bridgehead atoms. The molecule has 0 aliphatic heterocycles. The van der Waals surface area contributed by atoms with Crippen molar-refractivity contribution in [2.45, 2.75) is 130 Å². The molecule has 0 radical (unpaired) electrons. The van der Waals surface area contributed by atoms with E-state index >= 15 is 0 Å². The van der Waals surface area contributed by atoms with Crippen LogP contribution in [0.5, 0.6) is 0 Å². The van der Waals surface area contributed by atoms with Gasteiger partial charge in [-0.25, -0.2) is 0 Å². The first-order valence-corrected chi connectivity index (χ1v) is 10.7. The molecule has 1 unspecified atom stereocenters. The molecule has 0 aliphatic rings. The van der Waals surface area contributed by atoms with E-state index in [0.717, 1.165) is 11.8 Å². The van der Waals surface area contributed by atoms with E-state index in [2.05, 4.69) is 27.7 Å². The Kier molecular flexibility index (Phi) is 17.4. The Bertz CT molecular complexity index is 192. The van der Waals surface area contributed by atoms with E-state index in [1.54, 1.807) is 0 Å². The van der Waals surface area contributed by atoms with Crippen molar-refractivity contribution in [1.29, 1.82) is 0 Å². The number of rotatable bonds is 17. The summed E-state index contributed by atoms with van der Waals surface area (Å²) in [7, 11) is 0. The van der Waals surface area contributed by atoms with Crippen LogP contribution in [0.2, 0.25) is 0 Å². The molecule has 0 spiro atoms. The smallest absolute Gasteiger partial charge is 0.0419 e. The highest BCUT2D eigenvalue weighted by Crippen LogP contribution is 2.22. The van der Waals surface area contributed by atoms with Crippen LogP contribution in [-0.2, 0) is 0 Å². The molecule has 0 aromatic carbocycles. The second-order valence-electron chi connectivity index (χ2n) is 7.69. The molecule has 0 fully saturated rings. The molecule has 0 saturated carbocycles. The second kappa shape index (κ2) is 17.4. The minimum atomic E-state index is 0.958. The van der Waals surface area contributed by atoms with Gasteiger partial charge in [-0.3, -0.25) is 0 Å². The first-order chi connectivity index (χ1) is 10.7. The molecule has 0 aromatic rings. The van der Waals surface area contributed by atoms with Crippen LogP contribution in [0, 0.1) is 11.8 Å². The molecule has 0 heterocycles. The van der Waals surface area contributed by atoms with E-state index in [4.69, 9.17) is 0 Å². The number of hydrogen-bond donors (Lipinski definition) is 0. The lowest BCUT2D eigenvalue weighted by Gasteiger charge is -2.16. The molecule has 1 atom stereocenters. The number of hydrogen-bond acceptors (Lipinski definition) is 0. The van der Waals surface area contributed by atoms with Gasteiger partial charge < -0.3 is 0 Å². The summed E-state index contributed by atoms with van der Waals surface area (Å²) in [6.07, 6.45) is 23.3. The molecule has 0 rings (SSSR count). The normalized spacial score (nSPS) is 13.0. The van der Waals surface area contributed by atoms with E-state index < -0.39 is 0 Å². The van der Waals surface area contributed by atoms with E-state index in [0.29, 0.717) is 0 Å². The fraction of sp³-hybridized carbons (Fsp3) is 1.00. The summed E-state index contributed by atoms with van der Waals surface area (Å²) in [5, 5.41) is 0. The molecule has 22 heavy (non-hydrogen) atoms. The first kappa shape index (κ1) is 22.0. The Hall–Kier alpha value is 0. The van der Waals surface area contributed by atoms with Gasteiger partial charge in [0.15, 0.2) is 0 Å². The summed E-state index contributed by atoms with van der Waals surface area (Å²) in [4.78, 5) is 0. The van der Waals surface area contributed by atoms with Crippen molar-refractivity contribution in [3.8, 4) is 0 Å². The lowest BCUT2D eigenvalue weighted by Crippen LogP contribution is -2.02. The summed E-state index contributed by atoms with van der Waals surface area (Å²) >= 11 is 0. The zero-order chi connectivity index (χ0) is 16.5. The predicted octanol–water partition coefficient (Wildman–Crippen LogP) is 8.54. The van der Waals surface area contributed by atoms with Crippen LogP contribution >= 0.6 is 0 Å².